The maximum absolute atomic E-state index is 11.6. The van der Waals surface area contributed by atoms with Crippen molar-refractivity contribution >= 4 is 5.91 Å². The molecule has 0 saturated carbocycles. The molecule has 16 heavy (non-hydrogen) atoms. The standard InChI is InChI=1S/C11H20N4O/c1-8(2)13-11(16)9(3)12-7-10-5-6-15(4)14-10/h5-6,8-9,12H,7H2,1-4H3,(H,13,16). The van der Waals surface area contributed by atoms with Crippen LogP contribution in [0.4, 0.5) is 0 Å². The highest BCUT2D eigenvalue weighted by molar-refractivity contribution is 5.81. The highest BCUT2D eigenvalue weighted by Crippen LogP contribution is 1.94. The third-order valence-corrected chi connectivity index (χ3v) is 2.18. The van der Waals surface area contributed by atoms with Gasteiger partial charge in [-0.25, -0.2) is 0 Å². The van der Waals surface area contributed by atoms with Gasteiger partial charge in [0.25, 0.3) is 0 Å². The number of carbonyl (C=O) groups is 1. The van der Waals surface area contributed by atoms with Crippen molar-refractivity contribution in [2.45, 2.75) is 39.4 Å². The number of rotatable bonds is 5. The van der Waals surface area contributed by atoms with E-state index < -0.39 is 0 Å². The largest absolute Gasteiger partial charge is 0.353 e. The van der Waals surface area contributed by atoms with Crippen LogP contribution in [-0.4, -0.2) is 27.8 Å². The van der Waals surface area contributed by atoms with E-state index in [1.165, 1.54) is 0 Å². The Balaban J connectivity index is 2.34. The fraction of sp³-hybridized carbons (Fsp3) is 0.636. The molecule has 0 radical (unpaired) electrons. The van der Waals surface area contributed by atoms with Gasteiger partial charge < -0.3 is 10.6 Å². The molecule has 90 valence electrons. The Morgan fingerprint density at radius 3 is 2.69 bits per heavy atom. The molecule has 1 amide bonds. The molecule has 0 spiro atoms. The average molecular weight is 224 g/mol. The van der Waals surface area contributed by atoms with E-state index >= 15 is 0 Å². The first-order valence-corrected chi connectivity index (χ1v) is 5.51. The van der Waals surface area contributed by atoms with E-state index in [1.54, 1.807) is 4.68 Å². The minimum atomic E-state index is -0.204. The molecule has 5 nitrogen and oxygen atoms in total. The summed E-state index contributed by atoms with van der Waals surface area (Å²) in [5.41, 5.74) is 0.937. The van der Waals surface area contributed by atoms with E-state index in [-0.39, 0.29) is 18.0 Å². The molecule has 5 heteroatoms. The summed E-state index contributed by atoms with van der Waals surface area (Å²) in [7, 11) is 1.87. The number of amides is 1. The predicted octanol–water partition coefficient (Wildman–Crippen LogP) is 0.423. The summed E-state index contributed by atoms with van der Waals surface area (Å²) in [4.78, 5) is 11.6. The first-order valence-electron chi connectivity index (χ1n) is 5.51. The summed E-state index contributed by atoms with van der Waals surface area (Å²) in [5.74, 6) is 0.0194. The van der Waals surface area contributed by atoms with Crippen LogP contribution in [0.3, 0.4) is 0 Å². The zero-order valence-corrected chi connectivity index (χ0v) is 10.3. The average Bonchev–Trinajstić information content (AvgIpc) is 2.59. The molecule has 2 N–H and O–H groups in total. The van der Waals surface area contributed by atoms with Gasteiger partial charge in [0.2, 0.25) is 5.91 Å². The maximum atomic E-state index is 11.6. The number of aryl methyl sites for hydroxylation is 1. The molecule has 1 heterocycles. The Hall–Kier alpha value is -1.36. The lowest BCUT2D eigenvalue weighted by Gasteiger charge is -2.15. The molecular weight excluding hydrogens is 204 g/mol. The van der Waals surface area contributed by atoms with Crippen molar-refractivity contribution in [3.8, 4) is 0 Å². The van der Waals surface area contributed by atoms with Crippen molar-refractivity contribution in [3.05, 3.63) is 18.0 Å². The van der Waals surface area contributed by atoms with E-state index in [0.29, 0.717) is 6.54 Å². The van der Waals surface area contributed by atoms with Gasteiger partial charge in [-0.05, 0) is 26.8 Å². The summed E-state index contributed by atoms with van der Waals surface area (Å²) in [6.45, 7) is 6.35. The van der Waals surface area contributed by atoms with Crippen LogP contribution < -0.4 is 10.6 Å². The van der Waals surface area contributed by atoms with Crippen LogP contribution in [0.15, 0.2) is 12.3 Å². The SMILES string of the molecule is CC(C)NC(=O)C(C)NCc1ccn(C)n1. The lowest BCUT2D eigenvalue weighted by atomic mass is 10.2. The molecule has 0 aliphatic carbocycles. The van der Waals surface area contributed by atoms with Crippen LogP contribution in [0, 0.1) is 0 Å². The highest BCUT2D eigenvalue weighted by Gasteiger charge is 2.12. The fourth-order valence-corrected chi connectivity index (χ4v) is 1.32. The minimum absolute atomic E-state index is 0.0194. The molecule has 1 rings (SSSR count). The molecular formula is C11H20N4O. The number of carbonyl (C=O) groups excluding carboxylic acids is 1. The van der Waals surface area contributed by atoms with E-state index in [9.17, 15) is 4.79 Å². The van der Waals surface area contributed by atoms with Gasteiger partial charge in [-0.2, -0.15) is 5.10 Å². The van der Waals surface area contributed by atoms with Crippen LogP contribution in [-0.2, 0) is 18.4 Å². The van der Waals surface area contributed by atoms with E-state index in [1.807, 2.05) is 40.1 Å². The summed E-state index contributed by atoms with van der Waals surface area (Å²) in [6.07, 6.45) is 1.88. The van der Waals surface area contributed by atoms with Gasteiger partial charge in [0, 0.05) is 25.8 Å². The molecule has 0 fully saturated rings. The predicted molar refractivity (Wildman–Crippen MR) is 62.8 cm³/mol. The van der Waals surface area contributed by atoms with Gasteiger partial charge in [-0.3, -0.25) is 9.48 Å². The quantitative estimate of drug-likeness (QED) is 0.762. The molecule has 1 aromatic rings. The lowest BCUT2D eigenvalue weighted by molar-refractivity contribution is -0.123. The van der Waals surface area contributed by atoms with Crippen molar-refractivity contribution in [1.82, 2.24) is 20.4 Å². The molecule has 0 aliphatic rings. The van der Waals surface area contributed by atoms with Gasteiger partial charge in [0.1, 0.15) is 0 Å². The third kappa shape index (κ3) is 4.02. The summed E-state index contributed by atoms with van der Waals surface area (Å²) in [5, 5.41) is 10.2. The Labute approximate surface area is 96.2 Å². The number of hydrogen-bond donors (Lipinski definition) is 2. The summed E-state index contributed by atoms with van der Waals surface area (Å²) in [6, 6.07) is 1.90. The number of hydrogen-bond acceptors (Lipinski definition) is 3. The van der Waals surface area contributed by atoms with E-state index in [2.05, 4.69) is 15.7 Å². The molecule has 1 unspecified atom stereocenters. The van der Waals surface area contributed by atoms with Crippen molar-refractivity contribution in [1.29, 1.82) is 0 Å². The van der Waals surface area contributed by atoms with Gasteiger partial charge in [0.15, 0.2) is 0 Å². The smallest absolute Gasteiger partial charge is 0.237 e. The maximum Gasteiger partial charge on any atom is 0.237 e. The zero-order chi connectivity index (χ0) is 12.1. The van der Waals surface area contributed by atoms with Crippen molar-refractivity contribution in [2.24, 2.45) is 7.05 Å². The molecule has 0 saturated heterocycles. The second-order valence-corrected chi connectivity index (χ2v) is 4.25. The second-order valence-electron chi connectivity index (χ2n) is 4.25. The van der Waals surface area contributed by atoms with Crippen LogP contribution in [0.5, 0.6) is 0 Å². The monoisotopic (exact) mass is 224 g/mol. The van der Waals surface area contributed by atoms with E-state index in [0.717, 1.165) is 5.69 Å². The van der Waals surface area contributed by atoms with Crippen molar-refractivity contribution in [3.63, 3.8) is 0 Å². The highest BCUT2D eigenvalue weighted by atomic mass is 16.2. The van der Waals surface area contributed by atoms with Gasteiger partial charge in [-0.1, -0.05) is 0 Å². The number of aromatic nitrogens is 2. The Morgan fingerprint density at radius 2 is 2.19 bits per heavy atom. The molecule has 0 aromatic carbocycles. The Bertz CT molecular complexity index is 346. The fourth-order valence-electron chi connectivity index (χ4n) is 1.32. The minimum Gasteiger partial charge on any atom is -0.353 e. The van der Waals surface area contributed by atoms with Crippen LogP contribution in [0.25, 0.3) is 0 Å². The first-order chi connectivity index (χ1) is 7.49. The number of nitrogens with zero attached hydrogens (tertiary/aromatic N) is 2. The normalized spacial score (nSPS) is 12.8. The first kappa shape index (κ1) is 12.7. The summed E-state index contributed by atoms with van der Waals surface area (Å²) >= 11 is 0. The Kier molecular flexibility index (Phi) is 4.49. The Morgan fingerprint density at radius 1 is 1.50 bits per heavy atom. The molecule has 0 bridgehead atoms. The van der Waals surface area contributed by atoms with Crippen LogP contribution in [0.2, 0.25) is 0 Å². The third-order valence-electron chi connectivity index (χ3n) is 2.18. The topological polar surface area (TPSA) is 59.0 Å². The summed E-state index contributed by atoms with van der Waals surface area (Å²) < 4.78 is 1.75. The number of nitrogens with one attached hydrogen (secondary N) is 2. The van der Waals surface area contributed by atoms with Gasteiger partial charge in [0.05, 0.1) is 11.7 Å². The second kappa shape index (κ2) is 5.65. The van der Waals surface area contributed by atoms with Gasteiger partial charge in [-0.15, -0.1) is 0 Å². The lowest BCUT2D eigenvalue weighted by Crippen LogP contribution is -2.44. The van der Waals surface area contributed by atoms with Crippen LogP contribution in [0.1, 0.15) is 26.5 Å². The van der Waals surface area contributed by atoms with Crippen molar-refractivity contribution < 1.29 is 4.79 Å². The van der Waals surface area contributed by atoms with Crippen LogP contribution >= 0.6 is 0 Å². The van der Waals surface area contributed by atoms with Gasteiger partial charge >= 0.3 is 0 Å². The van der Waals surface area contributed by atoms with Crippen molar-refractivity contribution in [2.75, 3.05) is 0 Å². The molecule has 0 aliphatic heterocycles. The zero-order valence-electron chi connectivity index (χ0n) is 10.3. The molecule has 1 atom stereocenters. The van der Waals surface area contributed by atoms with E-state index in [4.69, 9.17) is 0 Å². The molecule has 1 aromatic heterocycles.